The molecule has 0 spiro atoms. The molecule has 0 saturated heterocycles. The average molecular weight is 516 g/mol. The number of carbonyl (C=O) groups excluding carboxylic acids is 2. The molecule has 0 fully saturated rings. The largest absolute Gasteiger partial charge is 0.365 e. The van der Waals surface area contributed by atoms with Crippen molar-refractivity contribution in [3.63, 3.8) is 0 Å². The van der Waals surface area contributed by atoms with Crippen LogP contribution < -0.4 is 11.1 Å². The standard InChI is InChI=1S/C24H29N5O2S3/c1-4-6-16-11-15(12-32-16)22-27-28-24(29(22)9-5-2)33-13-19(30)26-23-20(21(25)31)17-8-7-14(3)10-18(17)34-23/h5,11-12,14H,2,4,6-10,13H2,1,3H3,(H2,25,31)(H,26,30). The maximum absolute atomic E-state index is 12.8. The fraction of sp³-hybridized carbons (Fsp3) is 0.417. The van der Waals surface area contributed by atoms with E-state index in [-0.39, 0.29) is 11.7 Å². The van der Waals surface area contributed by atoms with Crippen LogP contribution in [0.5, 0.6) is 0 Å². The number of carbonyl (C=O) groups is 2. The van der Waals surface area contributed by atoms with Gasteiger partial charge in [0.25, 0.3) is 5.91 Å². The molecule has 4 rings (SSSR count). The van der Waals surface area contributed by atoms with Crippen LogP contribution in [0.2, 0.25) is 0 Å². The van der Waals surface area contributed by atoms with Gasteiger partial charge in [-0.1, -0.05) is 38.1 Å². The van der Waals surface area contributed by atoms with Gasteiger partial charge in [-0.2, -0.15) is 0 Å². The van der Waals surface area contributed by atoms with Crippen LogP contribution in [0.15, 0.2) is 29.3 Å². The zero-order chi connectivity index (χ0) is 24.2. The van der Waals surface area contributed by atoms with Crippen LogP contribution in [-0.4, -0.2) is 32.3 Å². The number of thioether (sulfide) groups is 1. The topological polar surface area (TPSA) is 103 Å². The first-order valence-corrected chi connectivity index (χ1v) is 14.1. The molecule has 1 atom stereocenters. The number of nitrogens with zero attached hydrogens (tertiary/aromatic N) is 3. The number of primary amides is 1. The molecule has 0 aromatic carbocycles. The van der Waals surface area contributed by atoms with E-state index in [0.29, 0.717) is 28.2 Å². The van der Waals surface area contributed by atoms with Crippen LogP contribution >= 0.6 is 34.4 Å². The van der Waals surface area contributed by atoms with E-state index >= 15 is 0 Å². The number of rotatable bonds is 10. The molecule has 7 nitrogen and oxygen atoms in total. The number of thiophene rings is 2. The van der Waals surface area contributed by atoms with Crippen molar-refractivity contribution in [2.24, 2.45) is 11.7 Å². The molecule has 180 valence electrons. The van der Waals surface area contributed by atoms with Gasteiger partial charge in [0, 0.05) is 27.2 Å². The molecule has 0 aliphatic heterocycles. The number of nitrogens with two attached hydrogens (primary N) is 1. The highest BCUT2D eigenvalue weighted by atomic mass is 32.2. The predicted octanol–water partition coefficient (Wildman–Crippen LogP) is 5.16. The van der Waals surface area contributed by atoms with E-state index in [4.69, 9.17) is 5.73 Å². The van der Waals surface area contributed by atoms with Crippen molar-refractivity contribution >= 4 is 51.3 Å². The second-order valence-electron chi connectivity index (χ2n) is 8.51. The van der Waals surface area contributed by atoms with Crippen molar-refractivity contribution in [1.82, 2.24) is 14.8 Å². The highest BCUT2D eigenvalue weighted by Gasteiger charge is 2.27. The summed E-state index contributed by atoms with van der Waals surface area (Å²) in [5.41, 5.74) is 8.18. The Kier molecular flexibility index (Phi) is 7.90. The summed E-state index contributed by atoms with van der Waals surface area (Å²) >= 11 is 4.52. The van der Waals surface area contributed by atoms with Crippen molar-refractivity contribution in [3.05, 3.63) is 45.0 Å². The van der Waals surface area contributed by atoms with E-state index in [0.717, 1.165) is 53.9 Å². The highest BCUT2D eigenvalue weighted by Crippen LogP contribution is 2.39. The van der Waals surface area contributed by atoms with Gasteiger partial charge < -0.3 is 11.1 Å². The van der Waals surface area contributed by atoms with Crippen molar-refractivity contribution in [2.45, 2.75) is 57.7 Å². The van der Waals surface area contributed by atoms with Crippen molar-refractivity contribution in [3.8, 4) is 11.4 Å². The molecule has 3 heterocycles. The fourth-order valence-electron chi connectivity index (χ4n) is 4.17. The van der Waals surface area contributed by atoms with E-state index in [9.17, 15) is 9.59 Å². The molecular formula is C24H29N5O2S3. The second kappa shape index (κ2) is 10.9. The Balaban J connectivity index is 1.48. The van der Waals surface area contributed by atoms with Gasteiger partial charge >= 0.3 is 0 Å². The summed E-state index contributed by atoms with van der Waals surface area (Å²) in [4.78, 5) is 27.4. The van der Waals surface area contributed by atoms with Crippen molar-refractivity contribution in [1.29, 1.82) is 0 Å². The third kappa shape index (κ3) is 5.29. The van der Waals surface area contributed by atoms with Crippen LogP contribution in [0.1, 0.15) is 52.4 Å². The van der Waals surface area contributed by atoms with E-state index in [1.165, 1.54) is 28.0 Å². The number of hydrogen-bond donors (Lipinski definition) is 2. The SMILES string of the molecule is C=CCn1c(SCC(=O)Nc2sc3c(c2C(N)=O)CCC(C)C3)nnc1-c1csc(CCC)c1. The lowest BCUT2D eigenvalue weighted by Gasteiger charge is -2.18. The summed E-state index contributed by atoms with van der Waals surface area (Å²) in [5.74, 6) is 0.810. The van der Waals surface area contributed by atoms with Crippen LogP contribution in [0.25, 0.3) is 11.4 Å². The zero-order valence-corrected chi connectivity index (χ0v) is 21.9. The van der Waals surface area contributed by atoms with E-state index in [1.54, 1.807) is 17.4 Å². The van der Waals surface area contributed by atoms with Gasteiger partial charge in [0.05, 0.1) is 11.3 Å². The molecular weight excluding hydrogens is 486 g/mol. The summed E-state index contributed by atoms with van der Waals surface area (Å²) in [7, 11) is 0. The number of aryl methyl sites for hydroxylation is 1. The number of nitrogens with one attached hydrogen (secondary N) is 1. The first kappa shape index (κ1) is 24.7. The normalized spacial score (nSPS) is 15.2. The lowest BCUT2D eigenvalue weighted by Crippen LogP contribution is -2.20. The number of anilines is 1. The minimum atomic E-state index is -0.483. The van der Waals surface area contributed by atoms with Gasteiger partial charge in [-0.15, -0.1) is 39.4 Å². The van der Waals surface area contributed by atoms with Gasteiger partial charge in [0.1, 0.15) is 5.00 Å². The Morgan fingerprint density at radius 2 is 2.24 bits per heavy atom. The summed E-state index contributed by atoms with van der Waals surface area (Å²) < 4.78 is 1.98. The van der Waals surface area contributed by atoms with E-state index < -0.39 is 5.91 Å². The minimum absolute atomic E-state index is 0.150. The van der Waals surface area contributed by atoms with Gasteiger partial charge in [-0.25, -0.2) is 0 Å². The van der Waals surface area contributed by atoms with Gasteiger partial charge in [-0.3, -0.25) is 14.2 Å². The molecule has 0 saturated carbocycles. The van der Waals surface area contributed by atoms with Gasteiger partial charge in [0.15, 0.2) is 11.0 Å². The van der Waals surface area contributed by atoms with Crippen LogP contribution in [0.3, 0.4) is 0 Å². The first-order valence-electron chi connectivity index (χ1n) is 11.4. The molecule has 0 bridgehead atoms. The van der Waals surface area contributed by atoms with Crippen LogP contribution in [0, 0.1) is 5.92 Å². The van der Waals surface area contributed by atoms with Crippen molar-refractivity contribution < 1.29 is 9.59 Å². The van der Waals surface area contributed by atoms with Crippen LogP contribution in [0.4, 0.5) is 5.00 Å². The summed E-state index contributed by atoms with van der Waals surface area (Å²) in [6.45, 7) is 8.77. The third-order valence-electron chi connectivity index (χ3n) is 5.78. The smallest absolute Gasteiger partial charge is 0.251 e. The third-order valence-corrected chi connectivity index (χ3v) is 8.91. The molecule has 0 radical (unpaired) electrons. The highest BCUT2D eigenvalue weighted by molar-refractivity contribution is 7.99. The van der Waals surface area contributed by atoms with Gasteiger partial charge in [0.2, 0.25) is 5.91 Å². The van der Waals surface area contributed by atoms with Crippen molar-refractivity contribution in [2.75, 3.05) is 11.1 Å². The van der Waals surface area contributed by atoms with E-state index in [1.807, 2.05) is 4.57 Å². The number of allylic oxidation sites excluding steroid dienone is 1. The van der Waals surface area contributed by atoms with E-state index in [2.05, 4.69) is 47.4 Å². The average Bonchev–Trinajstić information content (AvgIpc) is 3.49. The summed E-state index contributed by atoms with van der Waals surface area (Å²) in [6.07, 6.45) is 6.71. The predicted molar refractivity (Wildman–Crippen MR) is 141 cm³/mol. The molecule has 34 heavy (non-hydrogen) atoms. The number of hydrogen-bond acceptors (Lipinski definition) is 7. The second-order valence-corrected chi connectivity index (χ2v) is 11.6. The number of amides is 2. The van der Waals surface area contributed by atoms with Gasteiger partial charge in [-0.05, 0) is 43.2 Å². The minimum Gasteiger partial charge on any atom is -0.365 e. The number of aromatic nitrogens is 3. The Morgan fingerprint density at radius 3 is 2.97 bits per heavy atom. The Labute approximate surface area is 211 Å². The van der Waals surface area contributed by atoms with Crippen LogP contribution in [-0.2, 0) is 30.6 Å². The molecule has 1 unspecified atom stereocenters. The Bertz CT molecular complexity index is 1210. The molecule has 2 amide bonds. The number of fused-ring (bicyclic) bond motifs is 1. The lowest BCUT2D eigenvalue weighted by molar-refractivity contribution is -0.113. The molecule has 3 aromatic heterocycles. The summed E-state index contributed by atoms with van der Waals surface area (Å²) in [6, 6.07) is 2.16. The Hall–Kier alpha value is -2.43. The fourth-order valence-corrected chi connectivity index (χ4v) is 7.32. The molecule has 1 aliphatic rings. The zero-order valence-electron chi connectivity index (χ0n) is 19.4. The molecule has 3 aromatic rings. The molecule has 10 heteroatoms. The molecule has 1 aliphatic carbocycles. The lowest BCUT2D eigenvalue weighted by atomic mass is 9.88. The first-order chi connectivity index (χ1) is 16.4. The Morgan fingerprint density at radius 1 is 1.41 bits per heavy atom. The summed E-state index contributed by atoms with van der Waals surface area (Å²) in [5, 5.41) is 15.0. The molecule has 3 N–H and O–H groups in total. The quantitative estimate of drug-likeness (QED) is 0.287. The monoisotopic (exact) mass is 515 g/mol. The maximum atomic E-state index is 12.8. The maximum Gasteiger partial charge on any atom is 0.251 e.